The molecule has 3 rings (SSSR count). The van der Waals surface area contributed by atoms with E-state index in [-0.39, 0.29) is 17.2 Å². The molecule has 0 unspecified atom stereocenters. The second-order valence-corrected chi connectivity index (χ2v) is 9.59. The van der Waals surface area contributed by atoms with Crippen molar-refractivity contribution in [2.24, 2.45) is 0 Å². The molecule has 0 spiro atoms. The quantitative estimate of drug-likeness (QED) is 0.152. The number of hydrogen-bond acceptors (Lipinski definition) is 4. The Morgan fingerprint density at radius 1 is 1.17 bits per heavy atom. The van der Waals surface area contributed by atoms with Crippen molar-refractivity contribution in [2.45, 2.75) is 6.61 Å². The van der Waals surface area contributed by atoms with Gasteiger partial charge in [0.1, 0.15) is 17.9 Å². The van der Waals surface area contributed by atoms with Gasteiger partial charge in [0.15, 0.2) is 5.11 Å². The average Bonchev–Trinajstić information content (AvgIpc) is 2.69. The monoisotopic (exact) mass is 660 g/mol. The van der Waals surface area contributed by atoms with E-state index >= 15 is 0 Å². The van der Waals surface area contributed by atoms with Gasteiger partial charge in [0.2, 0.25) is 0 Å². The van der Waals surface area contributed by atoms with Crippen molar-refractivity contribution in [3.63, 3.8) is 0 Å². The van der Waals surface area contributed by atoms with Gasteiger partial charge in [-0.25, -0.2) is 0 Å². The summed E-state index contributed by atoms with van der Waals surface area (Å²) in [5.74, 6) is -0.365. The maximum atomic E-state index is 12.7. The van der Waals surface area contributed by atoms with Crippen LogP contribution >= 0.6 is 66.7 Å². The van der Waals surface area contributed by atoms with E-state index in [4.69, 9.17) is 17.0 Å². The second-order valence-electron chi connectivity index (χ2n) is 6.25. The van der Waals surface area contributed by atoms with Gasteiger partial charge in [0.25, 0.3) is 11.8 Å². The van der Waals surface area contributed by atoms with Crippen LogP contribution in [0.25, 0.3) is 6.08 Å². The maximum absolute atomic E-state index is 12.7. The lowest BCUT2D eigenvalue weighted by atomic mass is 10.1. The molecule has 1 aliphatic heterocycles. The third-order valence-corrected chi connectivity index (χ3v) is 6.35. The molecule has 30 heavy (non-hydrogen) atoms. The van der Waals surface area contributed by atoms with E-state index < -0.39 is 11.8 Å². The second kappa shape index (κ2) is 10.2. The number of amides is 2. The Kier molecular flexibility index (Phi) is 7.83. The summed E-state index contributed by atoms with van der Waals surface area (Å²) in [6, 6.07) is 11.6. The van der Waals surface area contributed by atoms with Crippen molar-refractivity contribution in [2.75, 3.05) is 6.54 Å². The molecule has 1 N–H and O–H groups in total. The minimum atomic E-state index is -0.531. The summed E-state index contributed by atoms with van der Waals surface area (Å²) in [5.41, 5.74) is 1.69. The number of nitrogens with one attached hydrogen (secondary N) is 1. The number of halogens is 3. The van der Waals surface area contributed by atoms with Crippen LogP contribution in [0.1, 0.15) is 11.1 Å². The Labute approximate surface area is 209 Å². The Morgan fingerprint density at radius 3 is 2.40 bits per heavy atom. The number of nitrogens with zero attached hydrogens (tertiary/aromatic N) is 1. The minimum Gasteiger partial charge on any atom is -0.487 e. The summed E-state index contributed by atoms with van der Waals surface area (Å²) in [5, 5.41) is 2.60. The van der Waals surface area contributed by atoms with Gasteiger partial charge in [-0.05, 0) is 108 Å². The normalized spacial score (nSPS) is 15.4. The fourth-order valence-corrected chi connectivity index (χ4v) is 4.75. The SMILES string of the molecule is C=CCN1C(=O)/C(=C/c2cc(Br)c(OCc3ccc(I)cc3)c(Br)c2)C(=O)NC1=S. The van der Waals surface area contributed by atoms with Gasteiger partial charge >= 0.3 is 0 Å². The van der Waals surface area contributed by atoms with Crippen molar-refractivity contribution in [1.82, 2.24) is 10.2 Å². The largest absolute Gasteiger partial charge is 0.487 e. The van der Waals surface area contributed by atoms with Gasteiger partial charge in [-0.15, -0.1) is 6.58 Å². The lowest BCUT2D eigenvalue weighted by Crippen LogP contribution is -2.53. The van der Waals surface area contributed by atoms with Crippen LogP contribution in [0.2, 0.25) is 0 Å². The Balaban J connectivity index is 1.84. The van der Waals surface area contributed by atoms with Gasteiger partial charge in [0, 0.05) is 10.1 Å². The average molecular weight is 662 g/mol. The molecule has 9 heteroatoms. The smallest absolute Gasteiger partial charge is 0.265 e. The lowest BCUT2D eigenvalue weighted by molar-refractivity contribution is -0.128. The standard InChI is InChI=1S/C21H15Br2IN2O3S/c1-2-7-26-20(28)15(19(27)25-21(26)30)8-13-9-16(22)18(17(23)10-13)29-11-12-3-5-14(24)6-4-12/h2-6,8-10H,1,7,11H2,(H,25,27,30)/b15-8+. The van der Waals surface area contributed by atoms with E-state index in [1.165, 1.54) is 11.0 Å². The van der Waals surface area contributed by atoms with Crippen molar-refractivity contribution < 1.29 is 14.3 Å². The lowest BCUT2D eigenvalue weighted by Gasteiger charge is -2.27. The zero-order valence-electron chi connectivity index (χ0n) is 15.5. The van der Waals surface area contributed by atoms with Gasteiger partial charge < -0.3 is 4.74 Å². The molecule has 0 atom stereocenters. The molecule has 1 aliphatic rings. The van der Waals surface area contributed by atoms with Crippen molar-refractivity contribution in [3.8, 4) is 5.75 Å². The molecule has 154 valence electrons. The molecule has 0 aliphatic carbocycles. The fraction of sp³-hybridized carbons (Fsp3) is 0.0952. The molecule has 0 aromatic heterocycles. The van der Waals surface area contributed by atoms with Crippen molar-refractivity contribution in [1.29, 1.82) is 0 Å². The van der Waals surface area contributed by atoms with Crippen LogP contribution in [0.3, 0.4) is 0 Å². The van der Waals surface area contributed by atoms with E-state index in [9.17, 15) is 9.59 Å². The van der Waals surface area contributed by atoms with E-state index in [2.05, 4.69) is 66.3 Å². The molecular weight excluding hydrogens is 647 g/mol. The zero-order chi connectivity index (χ0) is 21.8. The van der Waals surface area contributed by atoms with Crippen LogP contribution in [0, 0.1) is 3.57 Å². The molecule has 1 saturated heterocycles. The summed E-state index contributed by atoms with van der Waals surface area (Å²) in [4.78, 5) is 26.3. The number of rotatable bonds is 6. The molecule has 1 fully saturated rings. The Bertz CT molecular complexity index is 1050. The Hall–Kier alpha value is -1.56. The molecule has 0 saturated carbocycles. The third-order valence-electron chi connectivity index (χ3n) is 4.13. The molecule has 0 radical (unpaired) electrons. The topological polar surface area (TPSA) is 58.6 Å². The molecule has 2 amide bonds. The third kappa shape index (κ3) is 5.37. The van der Waals surface area contributed by atoms with Crippen LogP contribution in [0.5, 0.6) is 5.75 Å². The predicted molar refractivity (Wildman–Crippen MR) is 136 cm³/mol. The maximum Gasteiger partial charge on any atom is 0.265 e. The first-order valence-electron chi connectivity index (χ1n) is 8.66. The molecular formula is C21H15Br2IN2O3S. The molecule has 2 aromatic rings. The summed E-state index contributed by atoms with van der Waals surface area (Å²) in [7, 11) is 0. The number of ether oxygens (including phenoxy) is 1. The zero-order valence-corrected chi connectivity index (χ0v) is 21.6. The number of carbonyl (C=O) groups excluding carboxylic acids is 2. The fourth-order valence-electron chi connectivity index (χ4n) is 2.69. The van der Waals surface area contributed by atoms with Crippen LogP contribution in [0.15, 0.2) is 63.6 Å². The molecule has 5 nitrogen and oxygen atoms in total. The summed E-state index contributed by atoms with van der Waals surface area (Å²) < 4.78 is 8.48. The highest BCUT2D eigenvalue weighted by molar-refractivity contribution is 14.1. The first kappa shape index (κ1) is 23.1. The van der Waals surface area contributed by atoms with Gasteiger partial charge in [-0.2, -0.15) is 0 Å². The minimum absolute atomic E-state index is 0.00296. The van der Waals surface area contributed by atoms with Gasteiger partial charge in [0.05, 0.1) is 8.95 Å². The number of hydrogen-bond donors (Lipinski definition) is 1. The molecule has 1 heterocycles. The molecule has 0 bridgehead atoms. The first-order valence-corrected chi connectivity index (χ1v) is 11.7. The molecule has 2 aromatic carbocycles. The number of thiocarbonyl (C=S) groups is 1. The highest BCUT2D eigenvalue weighted by Gasteiger charge is 2.32. The van der Waals surface area contributed by atoms with Crippen LogP contribution in [-0.2, 0) is 16.2 Å². The van der Waals surface area contributed by atoms with Crippen LogP contribution in [-0.4, -0.2) is 28.4 Å². The highest BCUT2D eigenvalue weighted by Crippen LogP contribution is 2.36. The summed E-state index contributed by atoms with van der Waals surface area (Å²) in [6.07, 6.45) is 3.07. The number of benzene rings is 2. The van der Waals surface area contributed by atoms with E-state index in [1.807, 2.05) is 24.3 Å². The van der Waals surface area contributed by atoms with E-state index in [1.54, 1.807) is 18.2 Å². The Morgan fingerprint density at radius 2 is 1.80 bits per heavy atom. The van der Waals surface area contributed by atoms with Crippen molar-refractivity contribution in [3.05, 3.63) is 78.3 Å². The highest BCUT2D eigenvalue weighted by atomic mass is 127. The van der Waals surface area contributed by atoms with E-state index in [0.29, 0.717) is 26.9 Å². The predicted octanol–water partition coefficient (Wildman–Crippen LogP) is 5.21. The van der Waals surface area contributed by atoms with Crippen LogP contribution < -0.4 is 10.1 Å². The first-order chi connectivity index (χ1) is 14.3. The van der Waals surface area contributed by atoms with Crippen LogP contribution in [0.4, 0.5) is 0 Å². The van der Waals surface area contributed by atoms with Gasteiger partial charge in [-0.3, -0.25) is 19.8 Å². The number of carbonyl (C=O) groups is 2. The summed E-state index contributed by atoms with van der Waals surface area (Å²) >= 11 is 14.3. The van der Waals surface area contributed by atoms with E-state index in [0.717, 1.165) is 9.13 Å². The van der Waals surface area contributed by atoms with Gasteiger partial charge in [-0.1, -0.05) is 18.2 Å². The van der Waals surface area contributed by atoms with Crippen molar-refractivity contribution >= 4 is 89.7 Å². The summed E-state index contributed by atoms with van der Waals surface area (Å²) in [6.45, 7) is 4.24.